The predicted molar refractivity (Wildman–Crippen MR) is 105 cm³/mol. The summed E-state index contributed by atoms with van der Waals surface area (Å²) in [5.74, 6) is -0.723. The summed E-state index contributed by atoms with van der Waals surface area (Å²) in [6.45, 7) is 1.94. The highest BCUT2D eigenvalue weighted by atomic mass is 35.5. The van der Waals surface area contributed by atoms with E-state index in [9.17, 15) is 9.59 Å². The summed E-state index contributed by atoms with van der Waals surface area (Å²) >= 11 is 12.1. The molecule has 2 aromatic rings. The van der Waals surface area contributed by atoms with Crippen molar-refractivity contribution in [3.63, 3.8) is 0 Å². The van der Waals surface area contributed by atoms with Crippen molar-refractivity contribution in [2.24, 2.45) is 5.73 Å². The van der Waals surface area contributed by atoms with Crippen LogP contribution in [0, 0.1) is 0 Å². The molecule has 0 saturated heterocycles. The van der Waals surface area contributed by atoms with E-state index in [0.717, 1.165) is 16.8 Å². The van der Waals surface area contributed by atoms with E-state index in [-0.39, 0.29) is 23.8 Å². The van der Waals surface area contributed by atoms with Crippen LogP contribution in [-0.4, -0.2) is 17.9 Å². The second-order valence-electron chi connectivity index (χ2n) is 6.60. The number of aryl methyl sites for hydroxylation is 1. The van der Waals surface area contributed by atoms with Gasteiger partial charge < -0.3 is 10.6 Å². The number of hydrogen-bond acceptors (Lipinski definition) is 2. The smallest absolute Gasteiger partial charge is 0.227 e. The number of nitrogens with zero attached hydrogens (tertiary/aromatic N) is 1. The molecule has 1 aliphatic rings. The molecular formula is C20H20Cl2N2O2. The average molecular weight is 391 g/mol. The fourth-order valence-corrected chi connectivity index (χ4v) is 4.05. The number of hydrogen-bond donors (Lipinski definition) is 1. The van der Waals surface area contributed by atoms with E-state index < -0.39 is 0 Å². The van der Waals surface area contributed by atoms with Crippen molar-refractivity contribution in [3.8, 4) is 0 Å². The van der Waals surface area contributed by atoms with Gasteiger partial charge in [0, 0.05) is 28.2 Å². The molecule has 136 valence electrons. The first-order chi connectivity index (χ1) is 12.4. The number of carbonyl (C=O) groups is 2. The van der Waals surface area contributed by atoms with E-state index in [4.69, 9.17) is 28.9 Å². The third-order valence-corrected chi connectivity index (χ3v) is 5.41. The van der Waals surface area contributed by atoms with Gasteiger partial charge in [0.1, 0.15) is 0 Å². The summed E-state index contributed by atoms with van der Waals surface area (Å²) in [6, 6.07) is 12.7. The minimum Gasteiger partial charge on any atom is -0.369 e. The fourth-order valence-electron chi connectivity index (χ4n) is 3.55. The number of fused-ring (bicyclic) bond motifs is 1. The molecule has 2 amide bonds. The standard InChI is InChI=1S/C20H20Cl2N2O2/c1-12-10-16(20(23)26)15-4-2-3-5-18(15)24(12)19(25)9-7-13-6-8-14(21)11-17(13)22/h2-6,8,11-12,16H,7,9-10H2,1H3,(H2,23,26)/t12-,16-/m0/s1. The van der Waals surface area contributed by atoms with Crippen molar-refractivity contribution in [3.05, 3.63) is 63.6 Å². The van der Waals surface area contributed by atoms with Crippen LogP contribution in [0.5, 0.6) is 0 Å². The van der Waals surface area contributed by atoms with Gasteiger partial charge in [0.2, 0.25) is 11.8 Å². The van der Waals surface area contributed by atoms with Crippen LogP contribution in [0.2, 0.25) is 10.0 Å². The van der Waals surface area contributed by atoms with Crippen LogP contribution in [0.25, 0.3) is 0 Å². The number of para-hydroxylation sites is 1. The van der Waals surface area contributed by atoms with E-state index >= 15 is 0 Å². The molecule has 0 spiro atoms. The van der Waals surface area contributed by atoms with Gasteiger partial charge in [-0.3, -0.25) is 9.59 Å². The zero-order valence-electron chi connectivity index (χ0n) is 14.4. The fraction of sp³-hybridized carbons (Fsp3) is 0.300. The van der Waals surface area contributed by atoms with Gasteiger partial charge in [0.25, 0.3) is 0 Å². The number of primary amides is 1. The van der Waals surface area contributed by atoms with E-state index in [1.807, 2.05) is 37.3 Å². The number of nitrogens with two attached hydrogens (primary N) is 1. The largest absolute Gasteiger partial charge is 0.369 e. The third-order valence-electron chi connectivity index (χ3n) is 4.82. The Balaban J connectivity index is 1.82. The zero-order valence-corrected chi connectivity index (χ0v) is 15.9. The Morgan fingerprint density at radius 1 is 1.19 bits per heavy atom. The molecule has 0 bridgehead atoms. The highest BCUT2D eigenvalue weighted by Gasteiger charge is 2.35. The summed E-state index contributed by atoms with van der Waals surface area (Å²) in [7, 11) is 0. The molecule has 1 aliphatic heterocycles. The Bertz CT molecular complexity index is 853. The minimum absolute atomic E-state index is 0.00103. The molecule has 2 N–H and O–H groups in total. The van der Waals surface area contributed by atoms with Gasteiger partial charge in [0.05, 0.1) is 5.92 Å². The Hall–Kier alpha value is -2.04. The molecule has 1 heterocycles. The van der Waals surface area contributed by atoms with E-state index in [1.54, 1.807) is 17.0 Å². The maximum Gasteiger partial charge on any atom is 0.227 e. The van der Waals surface area contributed by atoms with Crippen LogP contribution in [0.3, 0.4) is 0 Å². The number of benzene rings is 2. The van der Waals surface area contributed by atoms with Gasteiger partial charge in [0.15, 0.2) is 0 Å². The Labute approximate surface area is 162 Å². The lowest BCUT2D eigenvalue weighted by Crippen LogP contribution is -2.45. The summed E-state index contributed by atoms with van der Waals surface area (Å²) < 4.78 is 0. The van der Waals surface area contributed by atoms with Crippen molar-refractivity contribution >= 4 is 40.7 Å². The van der Waals surface area contributed by atoms with Crippen LogP contribution in [0.4, 0.5) is 5.69 Å². The second kappa shape index (κ2) is 7.68. The van der Waals surface area contributed by atoms with Crippen LogP contribution in [0.15, 0.2) is 42.5 Å². The lowest BCUT2D eigenvalue weighted by Gasteiger charge is -2.38. The lowest BCUT2D eigenvalue weighted by atomic mass is 9.85. The number of anilines is 1. The van der Waals surface area contributed by atoms with Crippen LogP contribution in [0.1, 0.15) is 36.8 Å². The number of amides is 2. The van der Waals surface area contributed by atoms with Gasteiger partial charge in [-0.1, -0.05) is 47.5 Å². The van der Waals surface area contributed by atoms with Crippen LogP contribution in [-0.2, 0) is 16.0 Å². The summed E-state index contributed by atoms with van der Waals surface area (Å²) in [6.07, 6.45) is 1.38. The molecule has 6 heteroatoms. The first-order valence-electron chi connectivity index (χ1n) is 8.52. The van der Waals surface area contributed by atoms with E-state index in [0.29, 0.717) is 29.3 Å². The number of carbonyl (C=O) groups excluding carboxylic acids is 2. The molecule has 3 rings (SSSR count). The van der Waals surface area contributed by atoms with Crippen molar-refractivity contribution in [1.29, 1.82) is 0 Å². The summed E-state index contributed by atoms with van der Waals surface area (Å²) in [4.78, 5) is 26.5. The molecule has 0 radical (unpaired) electrons. The molecule has 0 aliphatic carbocycles. The molecule has 2 atom stereocenters. The normalized spacial score (nSPS) is 19.1. The molecular weight excluding hydrogens is 371 g/mol. The second-order valence-corrected chi connectivity index (χ2v) is 7.44. The van der Waals surface area contributed by atoms with Crippen LogP contribution < -0.4 is 10.6 Å². The third kappa shape index (κ3) is 3.71. The van der Waals surface area contributed by atoms with Gasteiger partial charge in [-0.2, -0.15) is 0 Å². The van der Waals surface area contributed by atoms with E-state index in [2.05, 4.69) is 0 Å². The molecule has 0 aromatic heterocycles. The highest BCUT2D eigenvalue weighted by Crippen LogP contribution is 2.38. The summed E-state index contributed by atoms with van der Waals surface area (Å²) in [5.41, 5.74) is 8.03. The van der Waals surface area contributed by atoms with Crippen molar-refractivity contribution in [1.82, 2.24) is 0 Å². The Morgan fingerprint density at radius 2 is 1.92 bits per heavy atom. The van der Waals surface area contributed by atoms with Crippen molar-refractivity contribution in [2.45, 2.75) is 38.1 Å². The molecule has 0 saturated carbocycles. The Kier molecular flexibility index (Phi) is 5.54. The van der Waals surface area contributed by atoms with Crippen molar-refractivity contribution < 1.29 is 9.59 Å². The maximum atomic E-state index is 12.9. The van der Waals surface area contributed by atoms with Gasteiger partial charge >= 0.3 is 0 Å². The SMILES string of the molecule is C[C@H]1C[C@H](C(N)=O)c2ccccc2N1C(=O)CCc1ccc(Cl)cc1Cl. The molecule has 4 nitrogen and oxygen atoms in total. The van der Waals surface area contributed by atoms with E-state index in [1.165, 1.54) is 0 Å². The Morgan fingerprint density at radius 3 is 2.62 bits per heavy atom. The molecule has 2 aromatic carbocycles. The highest BCUT2D eigenvalue weighted by molar-refractivity contribution is 6.35. The van der Waals surface area contributed by atoms with Gasteiger partial charge in [-0.05, 0) is 49.1 Å². The monoisotopic (exact) mass is 390 g/mol. The van der Waals surface area contributed by atoms with Crippen LogP contribution >= 0.6 is 23.2 Å². The first-order valence-corrected chi connectivity index (χ1v) is 9.28. The minimum atomic E-state index is -0.365. The average Bonchev–Trinajstić information content (AvgIpc) is 2.60. The quantitative estimate of drug-likeness (QED) is 0.844. The lowest BCUT2D eigenvalue weighted by molar-refractivity contribution is -0.121. The van der Waals surface area contributed by atoms with Gasteiger partial charge in [-0.15, -0.1) is 0 Å². The van der Waals surface area contributed by atoms with Gasteiger partial charge in [-0.25, -0.2) is 0 Å². The predicted octanol–water partition coefficient (Wildman–Crippen LogP) is 4.32. The molecule has 26 heavy (non-hydrogen) atoms. The number of rotatable bonds is 4. The van der Waals surface area contributed by atoms with Crippen molar-refractivity contribution in [2.75, 3.05) is 4.90 Å². The zero-order chi connectivity index (χ0) is 18.8. The number of halogens is 2. The maximum absolute atomic E-state index is 12.9. The molecule has 0 unspecified atom stereocenters. The first kappa shape index (κ1) is 18.7. The molecule has 0 fully saturated rings. The topological polar surface area (TPSA) is 63.4 Å². The summed E-state index contributed by atoms with van der Waals surface area (Å²) in [5, 5.41) is 1.13.